The van der Waals surface area contributed by atoms with Gasteiger partial charge in [0.15, 0.2) is 0 Å². The average Bonchev–Trinajstić information content (AvgIpc) is 2.12. The van der Waals surface area contributed by atoms with Gasteiger partial charge in [-0.15, -0.1) is 0 Å². The maximum atomic E-state index is 11.1. The molecule has 0 saturated carbocycles. The smallest absolute Gasteiger partial charge is 0.272 e. The molecule has 0 aliphatic carbocycles. The van der Waals surface area contributed by atoms with Crippen molar-refractivity contribution in [1.82, 2.24) is 21.0 Å². The Morgan fingerprint density at radius 3 is 1.67 bits per heavy atom. The highest BCUT2D eigenvalue weighted by molar-refractivity contribution is 5.31. The van der Waals surface area contributed by atoms with E-state index in [2.05, 4.69) is 21.0 Å². The number of hydrogen-bond acceptors (Lipinski definition) is 4. The molecule has 62 valence electrons. The lowest BCUT2D eigenvalue weighted by atomic mass is 10.3. The molecule has 0 spiro atoms. The minimum atomic E-state index is -0.324. The van der Waals surface area contributed by atoms with Crippen LogP contribution in [0.4, 0.5) is 0 Å². The summed E-state index contributed by atoms with van der Waals surface area (Å²) in [6.45, 7) is 0. The molecule has 6 heteroatoms. The number of fused-ring (bicyclic) bond motifs is 1. The first-order valence-corrected chi connectivity index (χ1v) is 3.31. The molecule has 0 atom stereocenters. The van der Waals surface area contributed by atoms with Crippen molar-refractivity contribution in [2.45, 2.75) is 0 Å². The molecule has 1 aliphatic heterocycles. The number of rotatable bonds is 0. The molecule has 2 heterocycles. The Labute approximate surface area is 65.6 Å². The molecule has 0 radical (unpaired) electrons. The number of nitrogens with one attached hydrogen (secondary N) is 4. The Kier molecular flexibility index (Phi) is 1.26. The van der Waals surface area contributed by atoms with Crippen LogP contribution in [0, 0.1) is 0 Å². The van der Waals surface area contributed by atoms with Gasteiger partial charge in [0, 0.05) is 12.4 Å². The molecule has 1 aromatic rings. The second-order valence-corrected chi connectivity index (χ2v) is 2.31. The summed E-state index contributed by atoms with van der Waals surface area (Å²) < 4.78 is 0. The Morgan fingerprint density at radius 1 is 0.833 bits per heavy atom. The van der Waals surface area contributed by atoms with Crippen LogP contribution in [0.5, 0.6) is 0 Å². The van der Waals surface area contributed by atoms with Gasteiger partial charge in [-0.25, -0.2) is 0 Å². The van der Waals surface area contributed by atoms with Crippen molar-refractivity contribution < 1.29 is 0 Å². The van der Waals surface area contributed by atoms with Gasteiger partial charge in [0.05, 0.1) is 10.4 Å². The highest BCUT2D eigenvalue weighted by Gasteiger charge is 1.98. The van der Waals surface area contributed by atoms with Crippen LogP contribution in [0.15, 0.2) is 9.59 Å². The first-order chi connectivity index (χ1) is 5.79. The first kappa shape index (κ1) is 6.71. The maximum Gasteiger partial charge on any atom is 0.272 e. The van der Waals surface area contributed by atoms with Crippen molar-refractivity contribution in [2.24, 2.45) is 0 Å². The largest absolute Gasteiger partial charge is 0.308 e. The average molecular weight is 166 g/mol. The van der Waals surface area contributed by atoms with Gasteiger partial charge in [-0.05, 0) is 0 Å². The zero-order valence-electron chi connectivity index (χ0n) is 5.97. The molecule has 2 rings (SSSR count). The molecule has 0 fully saturated rings. The highest BCUT2D eigenvalue weighted by atomic mass is 16.1. The van der Waals surface area contributed by atoms with Crippen molar-refractivity contribution in [2.75, 3.05) is 0 Å². The number of aromatic amines is 2. The third kappa shape index (κ3) is 0.815. The topological polar surface area (TPSA) is 89.8 Å². The van der Waals surface area contributed by atoms with E-state index in [-0.39, 0.29) is 11.1 Å². The Balaban J connectivity index is 3.13. The normalized spacial score (nSPS) is 13.0. The van der Waals surface area contributed by atoms with Crippen LogP contribution in [0.1, 0.15) is 0 Å². The molecule has 6 nitrogen and oxygen atoms in total. The quantitative estimate of drug-likeness (QED) is 0.324. The Bertz CT molecular complexity index is 475. The summed E-state index contributed by atoms with van der Waals surface area (Å²) in [5.41, 5.74) is 4.56. The predicted molar refractivity (Wildman–Crippen MR) is 42.1 cm³/mol. The summed E-state index contributed by atoms with van der Waals surface area (Å²) >= 11 is 0. The van der Waals surface area contributed by atoms with E-state index in [1.54, 1.807) is 0 Å². The monoisotopic (exact) mass is 166 g/mol. The number of H-pyrrole nitrogens is 2. The van der Waals surface area contributed by atoms with Gasteiger partial charge in [0.2, 0.25) is 0 Å². The molecule has 1 aromatic heterocycles. The van der Waals surface area contributed by atoms with Crippen molar-refractivity contribution in [3.63, 3.8) is 0 Å². The lowest BCUT2D eigenvalue weighted by molar-refractivity contribution is 0.821. The molecule has 1 aliphatic rings. The second kappa shape index (κ2) is 2.26. The molecule has 0 bridgehead atoms. The van der Waals surface area contributed by atoms with Crippen molar-refractivity contribution in [3.8, 4) is 0 Å². The van der Waals surface area contributed by atoms with Crippen LogP contribution in [0.25, 0.3) is 12.4 Å². The summed E-state index contributed by atoms with van der Waals surface area (Å²) in [5, 5.41) is 5.09. The molecule has 0 saturated heterocycles. The van der Waals surface area contributed by atoms with Gasteiger partial charge in [-0.3, -0.25) is 19.8 Å². The van der Waals surface area contributed by atoms with E-state index in [4.69, 9.17) is 0 Å². The predicted octanol–water partition coefficient (Wildman–Crippen LogP) is -3.35. The first-order valence-electron chi connectivity index (χ1n) is 3.31. The maximum absolute atomic E-state index is 11.1. The summed E-state index contributed by atoms with van der Waals surface area (Å²) in [4.78, 5) is 22.1. The van der Waals surface area contributed by atoms with Gasteiger partial charge >= 0.3 is 0 Å². The lowest BCUT2D eigenvalue weighted by Gasteiger charge is -2.02. The second-order valence-electron chi connectivity index (χ2n) is 2.31. The van der Waals surface area contributed by atoms with E-state index < -0.39 is 0 Å². The summed E-state index contributed by atoms with van der Waals surface area (Å²) in [7, 11) is 0. The van der Waals surface area contributed by atoms with Crippen LogP contribution < -0.4 is 32.4 Å². The third-order valence-electron chi connectivity index (χ3n) is 1.59. The fourth-order valence-corrected chi connectivity index (χ4v) is 1.01. The van der Waals surface area contributed by atoms with Gasteiger partial charge in [0.1, 0.15) is 0 Å². The van der Waals surface area contributed by atoms with Crippen LogP contribution in [-0.2, 0) is 0 Å². The van der Waals surface area contributed by atoms with E-state index in [1.807, 2.05) is 0 Å². The fourth-order valence-electron chi connectivity index (χ4n) is 1.01. The van der Waals surface area contributed by atoms with Crippen LogP contribution >= 0.6 is 0 Å². The van der Waals surface area contributed by atoms with E-state index in [9.17, 15) is 9.59 Å². The number of aromatic nitrogens is 2. The third-order valence-corrected chi connectivity index (χ3v) is 1.59. The molecule has 4 N–H and O–H groups in total. The Hall–Kier alpha value is -1.98. The van der Waals surface area contributed by atoms with E-state index in [1.165, 1.54) is 12.4 Å². The summed E-state index contributed by atoms with van der Waals surface area (Å²) in [6, 6.07) is 0. The zero-order valence-corrected chi connectivity index (χ0v) is 5.97. The number of hydrogen-bond donors (Lipinski definition) is 4. The van der Waals surface area contributed by atoms with E-state index in [0.717, 1.165) is 0 Å². The summed E-state index contributed by atoms with van der Waals surface area (Å²) in [5.74, 6) is 0. The van der Waals surface area contributed by atoms with Crippen LogP contribution in [0.2, 0.25) is 0 Å². The molecule has 0 unspecified atom stereocenters. The fraction of sp³-hybridized carbons (Fsp3) is 0. The lowest BCUT2D eigenvalue weighted by Crippen LogP contribution is -2.55. The van der Waals surface area contributed by atoms with Gasteiger partial charge in [-0.2, -0.15) is 0 Å². The molecule has 0 amide bonds. The number of hydrazine groups is 1. The highest BCUT2D eigenvalue weighted by Crippen LogP contribution is 1.55. The van der Waals surface area contributed by atoms with Crippen molar-refractivity contribution in [1.29, 1.82) is 0 Å². The van der Waals surface area contributed by atoms with Crippen molar-refractivity contribution >= 4 is 12.4 Å². The molecule has 12 heavy (non-hydrogen) atoms. The minimum Gasteiger partial charge on any atom is -0.308 e. The van der Waals surface area contributed by atoms with Crippen molar-refractivity contribution in [3.05, 3.63) is 31.1 Å². The molecular formula is C6H6N4O2. The molecule has 0 aromatic carbocycles. The Morgan fingerprint density at radius 2 is 1.25 bits per heavy atom. The standard InChI is InChI=1S/C6H6N4O2/c11-5-3-1-7-8-2-4(3)6(12)10-9-5/h1-2,7-8H,(H,9,11)(H,10,12). The van der Waals surface area contributed by atoms with Gasteiger partial charge in [-0.1, -0.05) is 0 Å². The zero-order chi connectivity index (χ0) is 8.55. The van der Waals surface area contributed by atoms with Crippen LogP contribution in [0.3, 0.4) is 0 Å². The van der Waals surface area contributed by atoms with Crippen LogP contribution in [-0.4, -0.2) is 10.2 Å². The van der Waals surface area contributed by atoms with E-state index >= 15 is 0 Å². The van der Waals surface area contributed by atoms with Gasteiger partial charge < -0.3 is 10.9 Å². The summed E-state index contributed by atoms with van der Waals surface area (Å²) in [6.07, 6.45) is 2.87. The minimum absolute atomic E-state index is 0.324. The SMILES string of the molecule is O=c1[nH][nH]c(=O)c2c1=CNNC=2. The van der Waals surface area contributed by atoms with Gasteiger partial charge in [0.25, 0.3) is 11.1 Å². The van der Waals surface area contributed by atoms with E-state index in [0.29, 0.717) is 10.4 Å². The molecular weight excluding hydrogens is 160 g/mol.